The highest BCUT2D eigenvalue weighted by atomic mass is 35.5. The Morgan fingerprint density at radius 1 is 1.50 bits per heavy atom. The van der Waals surface area contributed by atoms with E-state index in [0.29, 0.717) is 0 Å². The smallest absolute Gasteiger partial charge is 0.124 e. The summed E-state index contributed by atoms with van der Waals surface area (Å²) in [7, 11) is 0. The number of hydrogen-bond donors (Lipinski definition) is 0. The number of alkyl halides is 2. The third-order valence-electron chi connectivity index (χ3n) is 0. The first-order chi connectivity index (χ1) is 1.73. The highest BCUT2D eigenvalue weighted by Gasteiger charge is 1.77. The lowest BCUT2D eigenvalue weighted by molar-refractivity contribution is 1.96. The third kappa shape index (κ3) is 11.2. The van der Waals surface area contributed by atoms with Crippen LogP contribution in [0.15, 0.2) is 0 Å². The Bertz CT molecular complexity index is 10.8. The molecule has 3 heteroatoms. The zero-order valence-corrected chi connectivity index (χ0v) is 5.85. The quantitative estimate of drug-likeness (QED) is 0.314. The molecule has 0 nitrogen and oxygen atoms in total. The van der Waals surface area contributed by atoms with Gasteiger partial charge in [0.2, 0.25) is 0 Å². The van der Waals surface area contributed by atoms with E-state index in [4.69, 9.17) is 23.2 Å². The van der Waals surface area contributed by atoms with Crippen molar-refractivity contribution in [2.24, 2.45) is 0 Å². The minimum absolute atomic E-state index is 0.0833. The molecule has 0 spiro atoms. The predicted octanol–water partition coefficient (Wildman–Crippen LogP) is 0.381. The summed E-state index contributed by atoms with van der Waals surface area (Å²) >= 11 is 11.1. The molecule has 0 aromatic heterocycles. The van der Waals surface area contributed by atoms with Crippen LogP contribution in [-0.4, -0.2) is 20.0 Å². The number of halogens is 2. The molecule has 0 aromatic rings. The largest absolute Gasteiger partial charge is 0.265 e. The summed E-state index contributed by atoms with van der Waals surface area (Å²) in [6.45, 7) is 0. The van der Waals surface area contributed by atoms with Crippen molar-refractivity contribution >= 4 is 39.5 Å². The van der Waals surface area contributed by atoms with Gasteiger partial charge in [0.1, 0.15) is 0 Å². The van der Waals surface area contributed by atoms with Crippen LogP contribution in [0.25, 0.3) is 0 Å². The van der Waals surface area contributed by atoms with E-state index in [2.05, 4.69) is 0 Å². The van der Waals surface area contributed by atoms with E-state index >= 15 is 0 Å². The summed E-state index contributed by atoms with van der Waals surface area (Å²) in [5.41, 5.74) is 0. The fourth-order valence-corrected chi connectivity index (χ4v) is 0. The van der Waals surface area contributed by atoms with Crippen molar-refractivity contribution in [2.75, 3.05) is 0 Å². The summed E-state index contributed by atoms with van der Waals surface area (Å²) in [6.07, 6.45) is 0. The van der Waals surface area contributed by atoms with Gasteiger partial charge in [0.15, 0.2) is 0 Å². The van der Waals surface area contributed by atoms with Gasteiger partial charge in [-0.25, -0.2) is 0 Å². The van der Waals surface area contributed by atoms with E-state index in [0.717, 1.165) is 16.3 Å². The van der Waals surface area contributed by atoms with E-state index in [-0.39, 0.29) is 3.70 Å². The van der Waals surface area contributed by atoms with Crippen LogP contribution in [0.3, 0.4) is 0 Å². The van der Waals surface area contributed by atoms with Gasteiger partial charge in [-0.2, -0.15) is 0 Å². The van der Waals surface area contributed by atoms with Gasteiger partial charge in [-0.3, -0.25) is 0 Å². The second-order valence-corrected chi connectivity index (χ2v) is 4.67. The van der Waals surface area contributed by atoms with Crippen LogP contribution in [0.2, 0.25) is 0 Å². The van der Waals surface area contributed by atoms with Gasteiger partial charge in [0, 0.05) is 3.70 Å². The Morgan fingerprint density at radius 3 is 1.50 bits per heavy atom. The van der Waals surface area contributed by atoms with Crippen molar-refractivity contribution in [3.05, 3.63) is 0 Å². The molecular weight excluding hydrogens is 110 g/mol. The normalized spacial score (nSPS) is 8.75. The van der Waals surface area contributed by atoms with Crippen LogP contribution in [0.1, 0.15) is 0 Å². The molecule has 0 aromatic carbocycles. The Kier molecular flexibility index (Phi) is 3.01. The fraction of sp³-hybridized carbons (Fsp3) is 1.00. The average molecular weight is 113 g/mol. The van der Waals surface area contributed by atoms with Crippen LogP contribution in [0, 0.1) is 0 Å². The van der Waals surface area contributed by atoms with E-state index < -0.39 is 0 Å². The van der Waals surface area contributed by atoms with Crippen molar-refractivity contribution in [3.63, 3.8) is 0 Å². The van der Waals surface area contributed by atoms with Gasteiger partial charge in [-0.1, -0.05) is 0 Å². The summed E-state index contributed by atoms with van der Waals surface area (Å²) in [4.78, 5) is 0. The zero-order valence-electron chi connectivity index (χ0n) is 2.33. The van der Waals surface area contributed by atoms with Crippen molar-refractivity contribution in [1.29, 1.82) is 0 Å². The van der Waals surface area contributed by atoms with Gasteiger partial charge in [-0.05, 0) is 0 Å². The molecule has 0 atom stereocenters. The minimum atomic E-state index is -0.0833. The second-order valence-electron chi connectivity index (χ2n) is 0.519. The van der Waals surface area contributed by atoms with E-state index in [1.54, 1.807) is 0 Å². The Morgan fingerprint density at radius 2 is 1.50 bits per heavy atom. The van der Waals surface area contributed by atoms with Crippen LogP contribution in [0.5, 0.6) is 0 Å². The Balaban J connectivity index is 2.32. The highest BCUT2D eigenvalue weighted by Crippen LogP contribution is 1.90. The van der Waals surface area contributed by atoms with Gasteiger partial charge in [0.25, 0.3) is 16.3 Å². The van der Waals surface area contributed by atoms with Gasteiger partial charge in [-0.15, -0.1) is 23.2 Å². The summed E-state index contributed by atoms with van der Waals surface area (Å²) in [6, 6.07) is 0. The van der Waals surface area contributed by atoms with E-state index in [9.17, 15) is 0 Å². The summed E-state index contributed by atoms with van der Waals surface area (Å²) in [5, 5.41) is 0. The zero-order chi connectivity index (χ0) is 3.58. The molecule has 0 unspecified atom stereocenters. The van der Waals surface area contributed by atoms with Crippen molar-refractivity contribution in [3.8, 4) is 0 Å². The molecule has 4 heavy (non-hydrogen) atoms. The SMILES string of the molecule is [AlH2][CH](Cl)Cl. The van der Waals surface area contributed by atoms with Crippen LogP contribution in [-0.2, 0) is 0 Å². The first-order valence-corrected chi connectivity index (χ1v) is 3.04. The molecule has 0 fully saturated rings. The third-order valence-corrected chi connectivity index (χ3v) is 0. The molecule has 0 aliphatic rings. The monoisotopic (exact) mass is 112 g/mol. The van der Waals surface area contributed by atoms with E-state index in [1.165, 1.54) is 0 Å². The average Bonchev–Trinajstić information content (AvgIpc) is 0.811. The van der Waals surface area contributed by atoms with Gasteiger partial charge >= 0.3 is 0 Å². The molecular formula is CH3AlCl2. The number of hydrogen-bond acceptors (Lipinski definition) is 0. The van der Waals surface area contributed by atoms with Crippen LogP contribution in [0.4, 0.5) is 0 Å². The standard InChI is InChI=1S/CHCl2.Al.2H/c2-1-3;;;/h1H;;;. The molecule has 0 radical (unpaired) electrons. The van der Waals surface area contributed by atoms with Gasteiger partial charge in [0.05, 0.1) is 0 Å². The lowest BCUT2D eigenvalue weighted by Gasteiger charge is -1.71. The second kappa shape index (κ2) is 2.36. The molecule has 0 saturated heterocycles. The molecule has 0 aliphatic heterocycles. The molecule has 0 heterocycles. The number of rotatable bonds is 0. The molecule has 0 rings (SSSR count). The molecule has 0 N–H and O–H groups in total. The van der Waals surface area contributed by atoms with Crippen LogP contribution >= 0.6 is 23.2 Å². The Labute approximate surface area is 43.5 Å². The lowest BCUT2D eigenvalue weighted by Crippen LogP contribution is -1.75. The van der Waals surface area contributed by atoms with Crippen molar-refractivity contribution < 1.29 is 0 Å². The maximum atomic E-state index is 5.10. The first-order valence-electron chi connectivity index (χ1n) is 1.01. The molecule has 0 bridgehead atoms. The first kappa shape index (κ1) is 5.11. The molecule has 24 valence electrons. The van der Waals surface area contributed by atoms with Crippen molar-refractivity contribution in [2.45, 2.75) is 3.70 Å². The van der Waals surface area contributed by atoms with Gasteiger partial charge < -0.3 is 0 Å². The molecule has 0 amide bonds. The summed E-state index contributed by atoms with van der Waals surface area (Å²) < 4.78 is -0.0833. The topological polar surface area (TPSA) is 0 Å². The summed E-state index contributed by atoms with van der Waals surface area (Å²) in [5.74, 6) is 0. The molecule has 0 aliphatic carbocycles. The maximum Gasteiger partial charge on any atom is 0.265 e. The van der Waals surface area contributed by atoms with E-state index in [1.807, 2.05) is 0 Å². The maximum absolute atomic E-state index is 5.10. The van der Waals surface area contributed by atoms with Crippen LogP contribution < -0.4 is 0 Å². The molecule has 0 saturated carbocycles. The van der Waals surface area contributed by atoms with Crippen molar-refractivity contribution in [1.82, 2.24) is 0 Å². The fourth-order valence-electron chi connectivity index (χ4n) is 0. The minimum Gasteiger partial charge on any atom is -0.124 e. The lowest BCUT2D eigenvalue weighted by atomic mass is 11.9. The highest BCUT2D eigenvalue weighted by molar-refractivity contribution is 6.60. The predicted molar refractivity (Wildman–Crippen MR) is 24.0 cm³/mol. The Hall–Kier alpha value is 1.11.